The first kappa shape index (κ1) is 20.4. The number of anilines is 1. The van der Waals surface area contributed by atoms with Gasteiger partial charge in [-0.1, -0.05) is 42.5 Å². The molecule has 6 nitrogen and oxygen atoms in total. The predicted octanol–water partition coefficient (Wildman–Crippen LogP) is 2.40. The number of cyclic esters (lactones) is 1. The zero-order valence-electron chi connectivity index (χ0n) is 17.4. The predicted molar refractivity (Wildman–Crippen MR) is 116 cm³/mol. The fourth-order valence-corrected chi connectivity index (χ4v) is 4.33. The van der Waals surface area contributed by atoms with Crippen LogP contribution in [0, 0.1) is 5.92 Å². The van der Waals surface area contributed by atoms with Crippen LogP contribution >= 0.6 is 0 Å². The SMILES string of the molecule is CC(=O)NCC1COC(=O)C1c1ccc(N2CCN(Cc3ccccc3)CC2)cc1. The molecule has 0 aliphatic carbocycles. The van der Waals surface area contributed by atoms with Crippen molar-refractivity contribution in [1.82, 2.24) is 10.2 Å². The van der Waals surface area contributed by atoms with Crippen LogP contribution in [-0.4, -0.2) is 56.1 Å². The number of rotatable bonds is 6. The van der Waals surface area contributed by atoms with Crippen molar-refractivity contribution in [3.8, 4) is 0 Å². The smallest absolute Gasteiger partial charge is 0.313 e. The Morgan fingerprint density at radius 1 is 1.03 bits per heavy atom. The first-order valence-electron chi connectivity index (χ1n) is 10.6. The molecule has 158 valence electrons. The van der Waals surface area contributed by atoms with E-state index in [4.69, 9.17) is 4.74 Å². The van der Waals surface area contributed by atoms with Gasteiger partial charge in [0.15, 0.2) is 0 Å². The quantitative estimate of drug-likeness (QED) is 0.745. The minimum absolute atomic E-state index is 0.0196. The molecule has 30 heavy (non-hydrogen) atoms. The van der Waals surface area contributed by atoms with Gasteiger partial charge in [-0.15, -0.1) is 0 Å². The highest BCUT2D eigenvalue weighted by molar-refractivity contribution is 5.81. The number of carbonyl (C=O) groups excluding carboxylic acids is 2. The summed E-state index contributed by atoms with van der Waals surface area (Å²) in [5.74, 6) is -0.620. The summed E-state index contributed by atoms with van der Waals surface area (Å²) in [6, 6.07) is 18.9. The van der Waals surface area contributed by atoms with E-state index < -0.39 is 0 Å². The maximum atomic E-state index is 12.3. The summed E-state index contributed by atoms with van der Waals surface area (Å²) in [5.41, 5.74) is 3.50. The van der Waals surface area contributed by atoms with Crippen LogP contribution in [0.1, 0.15) is 24.0 Å². The molecule has 2 aliphatic rings. The summed E-state index contributed by atoms with van der Waals surface area (Å²) in [7, 11) is 0. The van der Waals surface area contributed by atoms with Crippen LogP contribution in [0.3, 0.4) is 0 Å². The van der Waals surface area contributed by atoms with Crippen LogP contribution < -0.4 is 10.2 Å². The summed E-state index contributed by atoms with van der Waals surface area (Å²) in [6.07, 6.45) is 0. The number of ether oxygens (including phenoxy) is 1. The zero-order chi connectivity index (χ0) is 20.9. The number of hydrogen-bond acceptors (Lipinski definition) is 5. The van der Waals surface area contributed by atoms with Crippen molar-refractivity contribution >= 4 is 17.6 Å². The Labute approximate surface area is 177 Å². The Balaban J connectivity index is 1.34. The van der Waals surface area contributed by atoms with E-state index in [9.17, 15) is 9.59 Å². The maximum absolute atomic E-state index is 12.3. The molecule has 2 unspecified atom stereocenters. The Morgan fingerprint density at radius 2 is 1.73 bits per heavy atom. The van der Waals surface area contributed by atoms with Crippen molar-refractivity contribution in [2.45, 2.75) is 19.4 Å². The molecule has 0 radical (unpaired) electrons. The van der Waals surface area contributed by atoms with Gasteiger partial charge in [-0.2, -0.15) is 0 Å². The molecule has 2 aromatic rings. The van der Waals surface area contributed by atoms with Gasteiger partial charge >= 0.3 is 5.97 Å². The van der Waals surface area contributed by atoms with E-state index in [0.717, 1.165) is 38.3 Å². The topological polar surface area (TPSA) is 61.9 Å². The Morgan fingerprint density at radius 3 is 2.40 bits per heavy atom. The number of hydrogen-bond donors (Lipinski definition) is 1. The van der Waals surface area contributed by atoms with Crippen molar-refractivity contribution in [2.75, 3.05) is 44.2 Å². The van der Waals surface area contributed by atoms with Gasteiger partial charge in [-0.05, 0) is 23.3 Å². The van der Waals surface area contributed by atoms with Crippen molar-refractivity contribution in [1.29, 1.82) is 0 Å². The lowest BCUT2D eigenvalue weighted by molar-refractivity contribution is -0.139. The van der Waals surface area contributed by atoms with Crippen LogP contribution in [0.15, 0.2) is 54.6 Å². The second-order valence-electron chi connectivity index (χ2n) is 8.15. The van der Waals surface area contributed by atoms with E-state index in [1.807, 2.05) is 12.1 Å². The molecular formula is C24H29N3O3. The van der Waals surface area contributed by atoms with Crippen LogP contribution in [0.4, 0.5) is 5.69 Å². The minimum atomic E-state index is -0.311. The van der Waals surface area contributed by atoms with Crippen LogP contribution in [0.25, 0.3) is 0 Å². The van der Waals surface area contributed by atoms with Gasteiger partial charge in [0, 0.05) is 57.8 Å². The number of piperazine rings is 1. The van der Waals surface area contributed by atoms with E-state index in [-0.39, 0.29) is 23.7 Å². The average molecular weight is 408 g/mol. The Hall–Kier alpha value is -2.86. The summed E-state index contributed by atoms with van der Waals surface area (Å²) in [5, 5.41) is 2.81. The van der Waals surface area contributed by atoms with Crippen LogP contribution in [0.5, 0.6) is 0 Å². The highest BCUT2D eigenvalue weighted by Crippen LogP contribution is 2.33. The third kappa shape index (κ3) is 4.82. The van der Waals surface area contributed by atoms with Gasteiger partial charge in [-0.3, -0.25) is 14.5 Å². The number of benzene rings is 2. The molecule has 2 aliphatic heterocycles. The third-order valence-electron chi connectivity index (χ3n) is 6.02. The number of carbonyl (C=O) groups is 2. The minimum Gasteiger partial charge on any atom is -0.465 e. The summed E-state index contributed by atoms with van der Waals surface area (Å²) in [4.78, 5) is 28.4. The molecule has 4 rings (SSSR count). The first-order chi connectivity index (χ1) is 14.6. The zero-order valence-corrected chi connectivity index (χ0v) is 17.4. The first-order valence-corrected chi connectivity index (χ1v) is 10.6. The molecule has 0 bridgehead atoms. The molecule has 1 N–H and O–H groups in total. The lowest BCUT2D eigenvalue weighted by atomic mass is 9.88. The van der Waals surface area contributed by atoms with Gasteiger partial charge in [0.1, 0.15) is 0 Å². The lowest BCUT2D eigenvalue weighted by Gasteiger charge is -2.36. The van der Waals surface area contributed by atoms with Crippen LogP contribution in [0.2, 0.25) is 0 Å². The summed E-state index contributed by atoms with van der Waals surface area (Å²) in [6.45, 7) is 7.33. The largest absolute Gasteiger partial charge is 0.465 e. The van der Waals surface area contributed by atoms with E-state index in [1.165, 1.54) is 18.2 Å². The van der Waals surface area contributed by atoms with E-state index in [0.29, 0.717) is 13.2 Å². The van der Waals surface area contributed by atoms with Crippen molar-refractivity contribution in [3.05, 3.63) is 65.7 Å². The van der Waals surface area contributed by atoms with Gasteiger partial charge in [0.25, 0.3) is 0 Å². The fraction of sp³-hybridized carbons (Fsp3) is 0.417. The van der Waals surface area contributed by atoms with Crippen LogP contribution in [-0.2, 0) is 20.9 Å². The van der Waals surface area contributed by atoms with Crippen molar-refractivity contribution in [3.63, 3.8) is 0 Å². The average Bonchev–Trinajstić information content (AvgIpc) is 3.14. The van der Waals surface area contributed by atoms with E-state index >= 15 is 0 Å². The molecule has 2 fully saturated rings. The molecule has 2 aromatic carbocycles. The highest BCUT2D eigenvalue weighted by atomic mass is 16.5. The van der Waals surface area contributed by atoms with Gasteiger partial charge in [0.05, 0.1) is 12.5 Å². The molecule has 2 heterocycles. The molecule has 6 heteroatoms. The number of esters is 1. The lowest BCUT2D eigenvalue weighted by Crippen LogP contribution is -2.45. The monoisotopic (exact) mass is 407 g/mol. The second kappa shape index (κ2) is 9.30. The summed E-state index contributed by atoms with van der Waals surface area (Å²) >= 11 is 0. The van der Waals surface area contributed by atoms with Gasteiger partial charge < -0.3 is 15.0 Å². The molecular weight excluding hydrogens is 378 g/mol. The summed E-state index contributed by atoms with van der Waals surface area (Å²) < 4.78 is 5.27. The standard InChI is InChI=1S/C24H29N3O3/c1-18(28)25-15-21-17-30-24(29)23(21)20-7-9-22(10-8-20)27-13-11-26(12-14-27)16-19-5-3-2-4-6-19/h2-10,21,23H,11-17H2,1H3,(H,25,28). The fourth-order valence-electron chi connectivity index (χ4n) is 4.33. The van der Waals surface area contributed by atoms with Gasteiger partial charge in [0.2, 0.25) is 5.91 Å². The third-order valence-corrected chi connectivity index (χ3v) is 6.02. The van der Waals surface area contributed by atoms with E-state index in [1.54, 1.807) is 0 Å². The molecule has 0 aromatic heterocycles. The highest BCUT2D eigenvalue weighted by Gasteiger charge is 2.38. The number of nitrogens with one attached hydrogen (secondary N) is 1. The normalized spacial score (nSPS) is 22.0. The van der Waals surface area contributed by atoms with Gasteiger partial charge in [-0.25, -0.2) is 0 Å². The molecule has 0 spiro atoms. The van der Waals surface area contributed by atoms with Crippen molar-refractivity contribution in [2.24, 2.45) is 5.92 Å². The Bertz CT molecular complexity index is 861. The van der Waals surface area contributed by atoms with Crippen molar-refractivity contribution < 1.29 is 14.3 Å². The van der Waals surface area contributed by atoms with E-state index in [2.05, 4.69) is 57.6 Å². The molecule has 2 saturated heterocycles. The molecule has 1 amide bonds. The Kier molecular flexibility index (Phi) is 6.33. The number of amides is 1. The second-order valence-corrected chi connectivity index (χ2v) is 8.15. The maximum Gasteiger partial charge on any atom is 0.313 e. The molecule has 2 atom stereocenters. The molecule has 0 saturated carbocycles. The number of nitrogens with zero attached hydrogens (tertiary/aromatic N) is 2.